The van der Waals surface area contributed by atoms with Crippen LogP contribution in [0.2, 0.25) is 0 Å². The Balaban J connectivity index is 1.65. The van der Waals surface area contributed by atoms with Crippen molar-refractivity contribution in [1.29, 1.82) is 0 Å². The van der Waals surface area contributed by atoms with E-state index in [-0.39, 0.29) is 5.60 Å². The van der Waals surface area contributed by atoms with Gasteiger partial charge in [0, 0.05) is 19.4 Å². The largest absolute Gasteiger partial charge is 0.375 e. The standard InChI is InChI=1S/C14H22O2/c15-13-4-3-11(9-13)12-5-8-16-14(10-12)6-1-2-7-14/h11-12H,1-10H2. The van der Waals surface area contributed by atoms with Gasteiger partial charge >= 0.3 is 0 Å². The first-order valence-corrected chi connectivity index (χ1v) is 6.93. The predicted octanol–water partition coefficient (Wildman–Crippen LogP) is 3.10. The Labute approximate surface area is 97.7 Å². The zero-order chi connectivity index (χ0) is 11.0. The van der Waals surface area contributed by atoms with Crippen molar-refractivity contribution in [2.75, 3.05) is 6.61 Å². The lowest BCUT2D eigenvalue weighted by molar-refractivity contribution is -0.119. The van der Waals surface area contributed by atoms with Gasteiger partial charge in [0.15, 0.2) is 0 Å². The maximum atomic E-state index is 11.4. The van der Waals surface area contributed by atoms with Crippen molar-refractivity contribution in [3.8, 4) is 0 Å². The maximum absolute atomic E-state index is 11.4. The smallest absolute Gasteiger partial charge is 0.133 e. The molecule has 3 rings (SSSR count). The second-order valence-electron chi connectivity index (χ2n) is 6.03. The van der Waals surface area contributed by atoms with Crippen LogP contribution in [0, 0.1) is 11.8 Å². The van der Waals surface area contributed by atoms with Crippen LogP contribution in [0.4, 0.5) is 0 Å². The number of hydrogen-bond acceptors (Lipinski definition) is 2. The molecule has 0 aromatic heterocycles. The molecule has 90 valence electrons. The van der Waals surface area contributed by atoms with Crippen molar-refractivity contribution in [3.05, 3.63) is 0 Å². The monoisotopic (exact) mass is 222 g/mol. The fourth-order valence-electron chi connectivity index (χ4n) is 4.08. The van der Waals surface area contributed by atoms with Crippen LogP contribution in [0.1, 0.15) is 57.8 Å². The van der Waals surface area contributed by atoms with Gasteiger partial charge in [-0.2, -0.15) is 0 Å². The van der Waals surface area contributed by atoms with Crippen LogP contribution < -0.4 is 0 Å². The van der Waals surface area contributed by atoms with Crippen molar-refractivity contribution in [2.45, 2.75) is 63.4 Å². The SMILES string of the molecule is O=C1CCC(C2CCOC3(CCCC3)C2)C1. The number of ether oxygens (including phenoxy) is 1. The molecular weight excluding hydrogens is 200 g/mol. The van der Waals surface area contributed by atoms with Crippen molar-refractivity contribution in [2.24, 2.45) is 11.8 Å². The summed E-state index contributed by atoms with van der Waals surface area (Å²) in [5, 5.41) is 0. The Morgan fingerprint density at radius 3 is 2.62 bits per heavy atom. The summed E-state index contributed by atoms with van der Waals surface area (Å²) in [5.74, 6) is 1.96. The third-order valence-electron chi connectivity index (χ3n) is 5.00. The first-order chi connectivity index (χ1) is 7.77. The molecule has 3 fully saturated rings. The van der Waals surface area contributed by atoms with Gasteiger partial charge in [0.25, 0.3) is 0 Å². The summed E-state index contributed by atoms with van der Waals surface area (Å²) in [5.41, 5.74) is 0.231. The van der Waals surface area contributed by atoms with E-state index in [0.29, 0.717) is 11.7 Å². The molecule has 0 aromatic carbocycles. The van der Waals surface area contributed by atoms with Crippen LogP contribution in [-0.4, -0.2) is 18.0 Å². The lowest BCUT2D eigenvalue weighted by Crippen LogP contribution is -2.39. The second-order valence-corrected chi connectivity index (χ2v) is 6.03. The van der Waals surface area contributed by atoms with Gasteiger partial charge in [0.1, 0.15) is 5.78 Å². The zero-order valence-electron chi connectivity index (χ0n) is 10.0. The summed E-state index contributed by atoms with van der Waals surface area (Å²) in [6.07, 6.45) is 10.5. The molecule has 16 heavy (non-hydrogen) atoms. The molecule has 1 aliphatic heterocycles. The highest BCUT2D eigenvalue weighted by Gasteiger charge is 2.43. The summed E-state index contributed by atoms with van der Waals surface area (Å²) >= 11 is 0. The Hall–Kier alpha value is -0.370. The predicted molar refractivity (Wildman–Crippen MR) is 62.2 cm³/mol. The van der Waals surface area contributed by atoms with E-state index >= 15 is 0 Å². The number of carbonyl (C=O) groups excluding carboxylic acids is 1. The molecule has 1 saturated heterocycles. The van der Waals surface area contributed by atoms with E-state index in [1.165, 1.54) is 38.5 Å². The molecular formula is C14H22O2. The van der Waals surface area contributed by atoms with Gasteiger partial charge in [-0.15, -0.1) is 0 Å². The van der Waals surface area contributed by atoms with Crippen molar-refractivity contribution >= 4 is 5.78 Å². The Kier molecular flexibility index (Phi) is 2.78. The molecule has 2 heteroatoms. The lowest BCUT2D eigenvalue weighted by Gasteiger charge is -2.40. The molecule has 1 heterocycles. The normalized spacial score (nSPS) is 38.4. The van der Waals surface area contributed by atoms with E-state index in [1.54, 1.807) is 0 Å². The molecule has 2 saturated carbocycles. The highest BCUT2D eigenvalue weighted by atomic mass is 16.5. The van der Waals surface area contributed by atoms with Gasteiger partial charge in [-0.1, -0.05) is 12.8 Å². The first-order valence-electron chi connectivity index (χ1n) is 6.93. The number of hydrogen-bond donors (Lipinski definition) is 0. The third kappa shape index (κ3) is 1.92. The number of carbonyl (C=O) groups is 1. The molecule has 2 atom stereocenters. The van der Waals surface area contributed by atoms with E-state index in [0.717, 1.165) is 31.8 Å². The van der Waals surface area contributed by atoms with Gasteiger partial charge in [-0.25, -0.2) is 0 Å². The molecule has 2 aliphatic carbocycles. The van der Waals surface area contributed by atoms with Gasteiger partial charge in [0.05, 0.1) is 5.60 Å². The molecule has 0 aromatic rings. The molecule has 0 amide bonds. The molecule has 3 aliphatic rings. The molecule has 2 unspecified atom stereocenters. The van der Waals surface area contributed by atoms with Crippen molar-refractivity contribution < 1.29 is 9.53 Å². The van der Waals surface area contributed by atoms with E-state index in [9.17, 15) is 4.79 Å². The molecule has 0 N–H and O–H groups in total. The summed E-state index contributed by atoms with van der Waals surface area (Å²) in [6.45, 7) is 0.940. The van der Waals surface area contributed by atoms with Crippen LogP contribution >= 0.6 is 0 Å². The van der Waals surface area contributed by atoms with Crippen LogP contribution in [0.15, 0.2) is 0 Å². The number of Topliss-reactive ketones (excluding diaryl/α,β-unsaturated/α-hetero) is 1. The van der Waals surface area contributed by atoms with E-state index in [2.05, 4.69) is 0 Å². The zero-order valence-corrected chi connectivity index (χ0v) is 10.0. The molecule has 1 spiro atoms. The first kappa shape index (κ1) is 10.8. The highest BCUT2D eigenvalue weighted by molar-refractivity contribution is 5.80. The average molecular weight is 222 g/mol. The Morgan fingerprint density at radius 1 is 1.12 bits per heavy atom. The molecule has 2 nitrogen and oxygen atoms in total. The number of ketones is 1. The van der Waals surface area contributed by atoms with Crippen molar-refractivity contribution in [1.82, 2.24) is 0 Å². The second kappa shape index (κ2) is 4.14. The van der Waals surface area contributed by atoms with Crippen LogP contribution in [-0.2, 0) is 9.53 Å². The lowest BCUT2D eigenvalue weighted by atomic mass is 9.77. The topological polar surface area (TPSA) is 26.3 Å². The minimum absolute atomic E-state index is 0.231. The van der Waals surface area contributed by atoms with E-state index in [4.69, 9.17) is 4.74 Å². The fourth-order valence-corrected chi connectivity index (χ4v) is 4.08. The van der Waals surface area contributed by atoms with Crippen LogP contribution in [0.25, 0.3) is 0 Å². The highest BCUT2D eigenvalue weighted by Crippen LogP contribution is 2.46. The minimum atomic E-state index is 0.231. The summed E-state index contributed by atoms with van der Waals surface area (Å²) in [6, 6.07) is 0. The summed E-state index contributed by atoms with van der Waals surface area (Å²) in [4.78, 5) is 11.4. The number of rotatable bonds is 1. The van der Waals surface area contributed by atoms with Gasteiger partial charge in [-0.05, 0) is 43.9 Å². The quantitative estimate of drug-likeness (QED) is 0.681. The van der Waals surface area contributed by atoms with Crippen LogP contribution in [0.3, 0.4) is 0 Å². The van der Waals surface area contributed by atoms with Crippen molar-refractivity contribution in [3.63, 3.8) is 0 Å². The summed E-state index contributed by atoms with van der Waals surface area (Å²) < 4.78 is 6.06. The van der Waals surface area contributed by atoms with Gasteiger partial charge < -0.3 is 4.74 Å². The minimum Gasteiger partial charge on any atom is -0.375 e. The third-order valence-corrected chi connectivity index (χ3v) is 5.00. The Bertz CT molecular complexity index is 278. The van der Waals surface area contributed by atoms with Crippen LogP contribution in [0.5, 0.6) is 0 Å². The average Bonchev–Trinajstić information content (AvgIpc) is 2.89. The fraction of sp³-hybridized carbons (Fsp3) is 0.929. The summed E-state index contributed by atoms with van der Waals surface area (Å²) in [7, 11) is 0. The Morgan fingerprint density at radius 2 is 1.94 bits per heavy atom. The molecule has 0 bridgehead atoms. The van der Waals surface area contributed by atoms with E-state index in [1.807, 2.05) is 0 Å². The maximum Gasteiger partial charge on any atom is 0.133 e. The van der Waals surface area contributed by atoms with Gasteiger partial charge in [0.2, 0.25) is 0 Å². The van der Waals surface area contributed by atoms with Gasteiger partial charge in [-0.3, -0.25) is 4.79 Å². The van der Waals surface area contributed by atoms with E-state index < -0.39 is 0 Å². The molecule has 0 radical (unpaired) electrons.